The lowest BCUT2D eigenvalue weighted by atomic mass is 10.1. The fourth-order valence-corrected chi connectivity index (χ4v) is 2.90. The molecule has 0 N–H and O–H groups in total. The summed E-state index contributed by atoms with van der Waals surface area (Å²) in [6, 6.07) is 5.19. The van der Waals surface area contributed by atoms with E-state index in [1.165, 1.54) is 12.1 Å². The number of non-ortho nitro benzene ring substituents is 1. The van der Waals surface area contributed by atoms with E-state index in [0.29, 0.717) is 5.56 Å². The Bertz CT molecular complexity index is 957. The van der Waals surface area contributed by atoms with Crippen LogP contribution in [0.2, 0.25) is 0 Å². The van der Waals surface area contributed by atoms with Gasteiger partial charge in [-0.25, -0.2) is 0 Å². The smallest absolute Gasteiger partial charge is 0.270 e. The highest BCUT2D eigenvalue weighted by Gasteiger charge is 2.38. The van der Waals surface area contributed by atoms with E-state index in [0.717, 1.165) is 22.4 Å². The van der Waals surface area contributed by atoms with E-state index in [1.54, 1.807) is 13.0 Å². The van der Waals surface area contributed by atoms with Crippen molar-refractivity contribution in [2.45, 2.75) is 13.8 Å². The van der Waals surface area contributed by atoms with Gasteiger partial charge >= 0.3 is 0 Å². The number of hydrogen-bond donors (Lipinski definition) is 0. The molecule has 8 heteroatoms. The SMILES string of the molecule is Cc1cc(C(=O)CN2C(=O)c3ccc([N+](=O)[O-])cc3C2=O)c(C)n1C. The van der Waals surface area contributed by atoms with Gasteiger partial charge in [0.1, 0.15) is 0 Å². The zero-order chi connectivity index (χ0) is 18.5. The standard InChI is InChI=1S/C17H15N3O5/c1-9-6-13(10(2)18(9)3)15(21)8-19-16(22)12-5-4-11(20(24)25)7-14(12)17(19)23/h4-7H,8H2,1-3H3. The van der Waals surface area contributed by atoms with Gasteiger partial charge in [-0.15, -0.1) is 0 Å². The zero-order valence-corrected chi connectivity index (χ0v) is 13.9. The van der Waals surface area contributed by atoms with E-state index in [9.17, 15) is 24.5 Å². The normalized spacial score (nSPS) is 13.3. The molecule has 2 heterocycles. The van der Waals surface area contributed by atoms with Crippen molar-refractivity contribution < 1.29 is 19.3 Å². The van der Waals surface area contributed by atoms with Crippen molar-refractivity contribution in [1.29, 1.82) is 0 Å². The molecule has 0 saturated heterocycles. The monoisotopic (exact) mass is 341 g/mol. The minimum Gasteiger partial charge on any atom is -0.351 e. The number of nitrogens with zero attached hydrogens (tertiary/aromatic N) is 3. The van der Waals surface area contributed by atoms with E-state index in [4.69, 9.17) is 0 Å². The number of nitro groups is 1. The van der Waals surface area contributed by atoms with Crippen molar-refractivity contribution in [3.63, 3.8) is 0 Å². The summed E-state index contributed by atoms with van der Waals surface area (Å²) in [5.74, 6) is -1.67. The number of benzene rings is 1. The molecule has 0 aliphatic carbocycles. The van der Waals surface area contributed by atoms with E-state index in [1.807, 2.05) is 18.5 Å². The number of nitro benzene ring substituents is 1. The summed E-state index contributed by atoms with van der Waals surface area (Å²) in [5.41, 5.74) is 1.83. The number of carbonyl (C=O) groups is 3. The molecule has 25 heavy (non-hydrogen) atoms. The fraction of sp³-hybridized carbons (Fsp3) is 0.235. The Hall–Kier alpha value is -3.29. The summed E-state index contributed by atoms with van der Waals surface area (Å²) in [6.07, 6.45) is 0. The van der Waals surface area contributed by atoms with Crippen molar-refractivity contribution in [2.75, 3.05) is 6.54 Å². The third-order valence-electron chi connectivity index (χ3n) is 4.54. The first kappa shape index (κ1) is 16.6. The maximum absolute atomic E-state index is 12.5. The van der Waals surface area contributed by atoms with E-state index < -0.39 is 23.3 Å². The molecule has 1 aromatic carbocycles. The number of Topliss-reactive ketones (excluding diaryl/α,β-unsaturated/α-hetero) is 1. The molecule has 2 amide bonds. The van der Waals surface area contributed by atoms with Crippen molar-refractivity contribution in [1.82, 2.24) is 9.47 Å². The number of amides is 2. The third kappa shape index (κ3) is 2.51. The van der Waals surface area contributed by atoms with Gasteiger partial charge in [-0.2, -0.15) is 0 Å². The predicted molar refractivity (Wildman–Crippen MR) is 87.7 cm³/mol. The average molecular weight is 341 g/mol. The van der Waals surface area contributed by atoms with Crippen LogP contribution in [-0.2, 0) is 7.05 Å². The minimum atomic E-state index is -0.692. The maximum Gasteiger partial charge on any atom is 0.270 e. The lowest BCUT2D eigenvalue weighted by molar-refractivity contribution is -0.384. The number of carbonyl (C=O) groups excluding carboxylic acids is 3. The van der Waals surface area contributed by atoms with Gasteiger partial charge in [0, 0.05) is 36.1 Å². The molecule has 0 radical (unpaired) electrons. The van der Waals surface area contributed by atoms with E-state index in [2.05, 4.69) is 0 Å². The Morgan fingerprint density at radius 2 is 1.76 bits per heavy atom. The topological polar surface area (TPSA) is 103 Å². The van der Waals surface area contributed by atoms with Gasteiger partial charge in [-0.05, 0) is 26.0 Å². The number of ketones is 1. The second kappa shape index (κ2) is 5.66. The molecule has 0 atom stereocenters. The highest BCUT2D eigenvalue weighted by atomic mass is 16.6. The van der Waals surface area contributed by atoms with Gasteiger partial charge < -0.3 is 4.57 Å². The van der Waals surface area contributed by atoms with Gasteiger partial charge in [0.2, 0.25) is 0 Å². The lowest BCUT2D eigenvalue weighted by Crippen LogP contribution is -2.35. The molecular weight excluding hydrogens is 326 g/mol. The highest BCUT2D eigenvalue weighted by molar-refractivity contribution is 6.23. The number of rotatable bonds is 4. The Labute approximate surface area is 142 Å². The van der Waals surface area contributed by atoms with Crippen LogP contribution < -0.4 is 0 Å². The summed E-state index contributed by atoms with van der Waals surface area (Å²) in [6.45, 7) is 3.24. The first-order valence-electron chi connectivity index (χ1n) is 7.53. The second-order valence-corrected chi connectivity index (χ2v) is 5.95. The minimum absolute atomic E-state index is 0.0482. The largest absolute Gasteiger partial charge is 0.351 e. The van der Waals surface area contributed by atoms with Gasteiger partial charge in [0.25, 0.3) is 17.5 Å². The molecule has 0 unspecified atom stereocenters. The number of aryl methyl sites for hydroxylation is 1. The maximum atomic E-state index is 12.5. The van der Waals surface area contributed by atoms with E-state index in [-0.39, 0.29) is 22.6 Å². The molecule has 0 saturated carbocycles. The van der Waals surface area contributed by atoms with Crippen LogP contribution in [0, 0.1) is 24.0 Å². The van der Waals surface area contributed by atoms with Crippen LogP contribution in [0.3, 0.4) is 0 Å². The number of aromatic nitrogens is 1. The molecule has 128 valence electrons. The van der Waals surface area contributed by atoms with Crippen molar-refractivity contribution in [3.8, 4) is 0 Å². The Morgan fingerprint density at radius 1 is 1.12 bits per heavy atom. The van der Waals surface area contributed by atoms with Crippen molar-refractivity contribution in [2.24, 2.45) is 7.05 Å². The van der Waals surface area contributed by atoms with Crippen LogP contribution in [0.15, 0.2) is 24.3 Å². The van der Waals surface area contributed by atoms with Crippen molar-refractivity contribution >= 4 is 23.3 Å². The summed E-state index contributed by atoms with van der Waals surface area (Å²) in [5, 5.41) is 10.8. The molecule has 1 aliphatic heterocycles. The van der Waals surface area contributed by atoms with E-state index >= 15 is 0 Å². The number of fused-ring (bicyclic) bond motifs is 1. The predicted octanol–water partition coefficient (Wildman–Crippen LogP) is 2.03. The Morgan fingerprint density at radius 3 is 2.32 bits per heavy atom. The van der Waals surface area contributed by atoms with Crippen molar-refractivity contribution in [3.05, 3.63) is 62.5 Å². The van der Waals surface area contributed by atoms with Gasteiger partial charge in [-0.3, -0.25) is 29.4 Å². The molecule has 0 spiro atoms. The van der Waals surface area contributed by atoms with Crippen LogP contribution in [-0.4, -0.2) is 38.5 Å². The van der Waals surface area contributed by atoms with Crippen LogP contribution in [0.5, 0.6) is 0 Å². The van der Waals surface area contributed by atoms with Crippen LogP contribution in [0.4, 0.5) is 5.69 Å². The second-order valence-electron chi connectivity index (χ2n) is 5.95. The first-order valence-corrected chi connectivity index (χ1v) is 7.53. The summed E-state index contributed by atoms with van der Waals surface area (Å²) in [7, 11) is 1.82. The Kier molecular flexibility index (Phi) is 3.75. The first-order chi connectivity index (χ1) is 11.7. The number of imide groups is 1. The molecular formula is C17H15N3O5. The fourth-order valence-electron chi connectivity index (χ4n) is 2.90. The van der Waals surface area contributed by atoms with Crippen LogP contribution in [0.25, 0.3) is 0 Å². The quantitative estimate of drug-likeness (QED) is 0.366. The molecule has 0 bridgehead atoms. The molecule has 0 fully saturated rings. The molecule has 1 aromatic heterocycles. The average Bonchev–Trinajstić information content (AvgIpc) is 2.97. The van der Waals surface area contributed by atoms with Gasteiger partial charge in [0.05, 0.1) is 22.6 Å². The van der Waals surface area contributed by atoms with Gasteiger partial charge in [0.15, 0.2) is 5.78 Å². The molecule has 8 nitrogen and oxygen atoms in total. The molecule has 3 rings (SSSR count). The Balaban J connectivity index is 1.90. The molecule has 2 aromatic rings. The lowest BCUT2D eigenvalue weighted by Gasteiger charge is -2.12. The van der Waals surface area contributed by atoms with Crippen LogP contribution in [0.1, 0.15) is 42.5 Å². The zero-order valence-electron chi connectivity index (χ0n) is 13.9. The summed E-state index contributed by atoms with van der Waals surface area (Å²) >= 11 is 0. The highest BCUT2D eigenvalue weighted by Crippen LogP contribution is 2.27. The summed E-state index contributed by atoms with van der Waals surface area (Å²) in [4.78, 5) is 48.4. The van der Waals surface area contributed by atoms with Gasteiger partial charge in [-0.1, -0.05) is 0 Å². The number of hydrogen-bond acceptors (Lipinski definition) is 5. The molecule has 1 aliphatic rings. The van der Waals surface area contributed by atoms with Crippen LogP contribution >= 0.6 is 0 Å². The summed E-state index contributed by atoms with van der Waals surface area (Å²) < 4.78 is 1.85. The third-order valence-corrected chi connectivity index (χ3v) is 4.54.